The second-order valence-electron chi connectivity index (χ2n) is 5.99. The Labute approximate surface area is 128 Å². The van der Waals surface area contributed by atoms with Crippen molar-refractivity contribution < 1.29 is 9.53 Å². The van der Waals surface area contributed by atoms with Gasteiger partial charge >= 0.3 is 0 Å². The van der Waals surface area contributed by atoms with Crippen molar-refractivity contribution in [2.24, 2.45) is 5.92 Å². The highest BCUT2D eigenvalue weighted by Crippen LogP contribution is 2.30. The summed E-state index contributed by atoms with van der Waals surface area (Å²) in [7, 11) is 1.67. The Kier molecular flexibility index (Phi) is 5.66. The number of rotatable bonds is 6. The highest BCUT2D eigenvalue weighted by molar-refractivity contribution is 5.77. The molecule has 0 aromatic heterocycles. The molecule has 1 fully saturated rings. The molecule has 0 N–H and O–H groups in total. The number of carbonyl (C=O) groups is 1. The first-order valence-corrected chi connectivity index (χ1v) is 8.09. The van der Waals surface area contributed by atoms with Gasteiger partial charge in [0.2, 0.25) is 5.91 Å². The molecular weight excluding hydrogens is 262 g/mol. The van der Waals surface area contributed by atoms with E-state index < -0.39 is 0 Å². The van der Waals surface area contributed by atoms with Gasteiger partial charge in [-0.15, -0.1) is 0 Å². The quantitative estimate of drug-likeness (QED) is 0.786. The topological polar surface area (TPSA) is 29.5 Å². The average Bonchev–Trinajstić information content (AvgIpc) is 3.00. The summed E-state index contributed by atoms with van der Waals surface area (Å²) in [4.78, 5) is 14.6. The molecule has 1 aromatic rings. The molecule has 2 rings (SSSR count). The van der Waals surface area contributed by atoms with Gasteiger partial charge in [-0.05, 0) is 50.3 Å². The van der Waals surface area contributed by atoms with Crippen molar-refractivity contribution in [2.45, 2.75) is 52.0 Å². The molecule has 0 saturated heterocycles. The van der Waals surface area contributed by atoms with Crippen LogP contribution >= 0.6 is 0 Å². The lowest BCUT2D eigenvalue weighted by atomic mass is 10.0. The summed E-state index contributed by atoms with van der Waals surface area (Å²) in [5.41, 5.74) is 1.14. The minimum Gasteiger partial charge on any atom is -0.497 e. The maximum atomic E-state index is 12.6. The number of methoxy groups -OCH3 is 1. The summed E-state index contributed by atoms with van der Waals surface area (Å²) in [5, 5.41) is 0. The zero-order valence-electron chi connectivity index (χ0n) is 13.5. The largest absolute Gasteiger partial charge is 0.497 e. The monoisotopic (exact) mass is 289 g/mol. The van der Waals surface area contributed by atoms with Crippen LogP contribution in [0.3, 0.4) is 0 Å². The van der Waals surface area contributed by atoms with Crippen molar-refractivity contribution in [3.05, 3.63) is 29.8 Å². The molecule has 1 aromatic carbocycles. The van der Waals surface area contributed by atoms with Crippen LogP contribution in [0.2, 0.25) is 0 Å². The van der Waals surface area contributed by atoms with Crippen molar-refractivity contribution in [1.29, 1.82) is 0 Å². The van der Waals surface area contributed by atoms with Gasteiger partial charge in [0, 0.05) is 13.0 Å². The first-order chi connectivity index (χ1) is 10.2. The summed E-state index contributed by atoms with van der Waals surface area (Å²) < 4.78 is 5.28. The van der Waals surface area contributed by atoms with Gasteiger partial charge in [-0.25, -0.2) is 0 Å². The summed E-state index contributed by atoms with van der Waals surface area (Å²) in [5.74, 6) is 1.74. The summed E-state index contributed by atoms with van der Waals surface area (Å²) in [6, 6.07) is 8.11. The second-order valence-corrected chi connectivity index (χ2v) is 5.99. The number of carbonyl (C=O) groups excluding carboxylic acids is 1. The van der Waals surface area contributed by atoms with Gasteiger partial charge < -0.3 is 9.64 Å². The minimum absolute atomic E-state index is 0.0963. The molecule has 1 saturated carbocycles. The first-order valence-electron chi connectivity index (χ1n) is 8.09. The molecule has 0 spiro atoms. The zero-order chi connectivity index (χ0) is 15.2. The highest BCUT2D eigenvalue weighted by atomic mass is 16.5. The molecule has 3 nitrogen and oxygen atoms in total. The number of nitrogens with zero attached hydrogens (tertiary/aromatic N) is 1. The van der Waals surface area contributed by atoms with Crippen LogP contribution in [0, 0.1) is 5.92 Å². The molecule has 0 bridgehead atoms. The van der Waals surface area contributed by atoms with E-state index in [1.165, 1.54) is 25.7 Å². The third-order valence-electron chi connectivity index (χ3n) is 4.64. The van der Waals surface area contributed by atoms with Crippen molar-refractivity contribution in [1.82, 2.24) is 4.90 Å². The van der Waals surface area contributed by atoms with E-state index in [0.29, 0.717) is 18.2 Å². The smallest absolute Gasteiger partial charge is 0.223 e. The lowest BCUT2D eigenvalue weighted by molar-refractivity contribution is -0.134. The van der Waals surface area contributed by atoms with Crippen LogP contribution in [-0.4, -0.2) is 24.5 Å². The van der Waals surface area contributed by atoms with Crippen LogP contribution in [0.5, 0.6) is 5.75 Å². The van der Waals surface area contributed by atoms with Gasteiger partial charge in [0.15, 0.2) is 0 Å². The maximum absolute atomic E-state index is 12.6. The molecule has 3 heteroatoms. The molecule has 0 radical (unpaired) electrons. The van der Waals surface area contributed by atoms with Crippen LogP contribution in [0.4, 0.5) is 0 Å². The molecular formula is C18H27NO2. The molecule has 1 atom stereocenters. The molecule has 1 unspecified atom stereocenters. The maximum Gasteiger partial charge on any atom is 0.223 e. The molecule has 0 aliphatic heterocycles. The molecule has 0 heterocycles. The Bertz CT molecular complexity index is 466. The third-order valence-corrected chi connectivity index (χ3v) is 4.64. The SMILES string of the molecule is CCN(C(=O)CC1CCCC1)C(C)c1cccc(OC)c1. The fourth-order valence-corrected chi connectivity index (χ4v) is 3.33. The Hall–Kier alpha value is -1.51. The van der Waals surface area contributed by atoms with E-state index in [0.717, 1.165) is 17.9 Å². The van der Waals surface area contributed by atoms with Crippen LogP contribution in [0.15, 0.2) is 24.3 Å². The lowest BCUT2D eigenvalue weighted by Gasteiger charge is -2.29. The fourth-order valence-electron chi connectivity index (χ4n) is 3.33. The Morgan fingerprint density at radius 3 is 2.71 bits per heavy atom. The van der Waals surface area contributed by atoms with Crippen molar-refractivity contribution in [3.63, 3.8) is 0 Å². The predicted molar refractivity (Wildman–Crippen MR) is 85.4 cm³/mol. The van der Waals surface area contributed by atoms with E-state index in [2.05, 4.69) is 19.9 Å². The average molecular weight is 289 g/mol. The van der Waals surface area contributed by atoms with Crippen LogP contribution in [0.1, 0.15) is 57.6 Å². The minimum atomic E-state index is 0.0963. The van der Waals surface area contributed by atoms with Gasteiger partial charge in [0.1, 0.15) is 5.75 Å². The normalized spacial score (nSPS) is 16.7. The number of benzene rings is 1. The van der Waals surface area contributed by atoms with Gasteiger partial charge in [0.25, 0.3) is 0 Å². The van der Waals surface area contributed by atoms with E-state index in [4.69, 9.17) is 4.74 Å². The summed E-state index contributed by atoms with van der Waals surface area (Å²) in [6.45, 7) is 4.91. The number of hydrogen-bond acceptors (Lipinski definition) is 2. The first kappa shape index (κ1) is 15.9. The zero-order valence-corrected chi connectivity index (χ0v) is 13.5. The second kappa shape index (κ2) is 7.48. The number of hydrogen-bond donors (Lipinski definition) is 0. The highest BCUT2D eigenvalue weighted by Gasteiger charge is 2.24. The van der Waals surface area contributed by atoms with Crippen molar-refractivity contribution in [2.75, 3.05) is 13.7 Å². The summed E-state index contributed by atoms with van der Waals surface area (Å²) in [6.07, 6.45) is 5.72. The van der Waals surface area contributed by atoms with Crippen LogP contribution < -0.4 is 4.74 Å². The van der Waals surface area contributed by atoms with Crippen LogP contribution in [-0.2, 0) is 4.79 Å². The molecule has 1 aliphatic carbocycles. The standard InChI is InChI=1S/C18H27NO2/c1-4-19(18(20)12-15-8-5-6-9-15)14(2)16-10-7-11-17(13-16)21-3/h7,10-11,13-15H,4-6,8-9,12H2,1-3H3. The number of amides is 1. The van der Waals surface area contributed by atoms with Crippen molar-refractivity contribution >= 4 is 5.91 Å². The molecule has 21 heavy (non-hydrogen) atoms. The van der Waals surface area contributed by atoms with E-state index in [1.807, 2.05) is 23.1 Å². The third kappa shape index (κ3) is 3.99. The molecule has 116 valence electrons. The molecule has 1 amide bonds. The van der Waals surface area contributed by atoms with Gasteiger partial charge in [-0.3, -0.25) is 4.79 Å². The van der Waals surface area contributed by atoms with Crippen LogP contribution in [0.25, 0.3) is 0 Å². The predicted octanol–water partition coefficient (Wildman–Crippen LogP) is 4.19. The Balaban J connectivity index is 2.05. The van der Waals surface area contributed by atoms with Gasteiger partial charge in [-0.1, -0.05) is 25.0 Å². The Morgan fingerprint density at radius 1 is 1.38 bits per heavy atom. The Morgan fingerprint density at radius 2 is 2.10 bits per heavy atom. The van der Waals surface area contributed by atoms with Gasteiger partial charge in [0.05, 0.1) is 13.2 Å². The van der Waals surface area contributed by atoms with Crippen molar-refractivity contribution in [3.8, 4) is 5.75 Å². The van der Waals surface area contributed by atoms with E-state index in [1.54, 1.807) is 7.11 Å². The fraction of sp³-hybridized carbons (Fsp3) is 0.611. The van der Waals surface area contributed by atoms with E-state index >= 15 is 0 Å². The van der Waals surface area contributed by atoms with E-state index in [9.17, 15) is 4.79 Å². The number of ether oxygens (including phenoxy) is 1. The van der Waals surface area contributed by atoms with E-state index in [-0.39, 0.29) is 6.04 Å². The lowest BCUT2D eigenvalue weighted by Crippen LogP contribution is -2.34. The van der Waals surface area contributed by atoms with Gasteiger partial charge in [-0.2, -0.15) is 0 Å². The molecule has 1 aliphatic rings. The summed E-state index contributed by atoms with van der Waals surface area (Å²) >= 11 is 0.